The fraction of sp³-hybridized carbons (Fsp3) is 0.471. The minimum absolute atomic E-state index is 0. The molecular weight excluding hydrogens is 562 g/mol. The summed E-state index contributed by atoms with van der Waals surface area (Å²) in [5, 5.41) is 8.85. The molecule has 4 aromatic carbocycles. The molecule has 0 amide bonds. The zero-order valence-electron chi connectivity index (χ0n) is 24.5. The van der Waals surface area contributed by atoms with E-state index < -0.39 is 0 Å². The number of hydrogen-bond donors (Lipinski definition) is 0. The van der Waals surface area contributed by atoms with Gasteiger partial charge in [0.25, 0.3) is 0 Å². The van der Waals surface area contributed by atoms with Crippen LogP contribution in [0, 0.1) is 23.7 Å². The van der Waals surface area contributed by atoms with Crippen LogP contribution in [-0.2, 0) is 26.2 Å². The van der Waals surface area contributed by atoms with Gasteiger partial charge in [-0.25, -0.2) is 0 Å². The Morgan fingerprint density at radius 2 is 0.811 bits per heavy atom. The summed E-state index contributed by atoms with van der Waals surface area (Å²) in [5.41, 5.74) is 0. The second kappa shape index (κ2) is 15.9. The zero-order valence-corrected chi connectivity index (χ0v) is 28.7. The predicted octanol–water partition coefficient (Wildman–Crippen LogP) is 9.95. The predicted molar refractivity (Wildman–Crippen MR) is 171 cm³/mol. The molecule has 0 aliphatic heterocycles. The molecule has 4 aromatic rings. The molecule has 0 aliphatic rings. The topological polar surface area (TPSA) is 0 Å². The van der Waals surface area contributed by atoms with Gasteiger partial charge in [0.05, 0.1) is 0 Å². The van der Waals surface area contributed by atoms with Gasteiger partial charge in [-0.1, -0.05) is 83.4 Å². The molecule has 3 heteroatoms. The van der Waals surface area contributed by atoms with Crippen molar-refractivity contribution in [3.63, 3.8) is 0 Å². The summed E-state index contributed by atoms with van der Waals surface area (Å²) in [6.07, 6.45) is 5.46. The first-order valence-electron chi connectivity index (χ1n) is 13.9. The Balaban J connectivity index is 0.000000253. The SMILES string of the molecule is CC(C)CP(CC(C)C)c1cc2ccccc2[cH-]1.CC(C)CP(CC(C)C)c1cc2ccccc2[cH-]1.[Zr+2]. The fourth-order valence-electron chi connectivity index (χ4n) is 4.97. The van der Waals surface area contributed by atoms with E-state index >= 15 is 0 Å². The maximum absolute atomic E-state index is 2.42. The molecule has 0 unspecified atom stereocenters. The monoisotopic (exact) mass is 608 g/mol. The van der Waals surface area contributed by atoms with Crippen LogP contribution >= 0.6 is 15.8 Å². The van der Waals surface area contributed by atoms with E-state index in [4.69, 9.17) is 0 Å². The van der Waals surface area contributed by atoms with Crippen LogP contribution in [0.15, 0.2) is 72.8 Å². The third-order valence-corrected chi connectivity index (χ3v) is 12.9. The summed E-state index contributed by atoms with van der Waals surface area (Å²) in [6.45, 7) is 18.8. The third-order valence-electron chi connectivity index (χ3n) is 6.28. The van der Waals surface area contributed by atoms with Crippen molar-refractivity contribution in [2.75, 3.05) is 24.6 Å². The minimum atomic E-state index is 0. The molecule has 0 heterocycles. The zero-order chi connectivity index (χ0) is 26.2. The van der Waals surface area contributed by atoms with Crippen molar-refractivity contribution in [3.05, 3.63) is 72.8 Å². The molecule has 0 radical (unpaired) electrons. The fourth-order valence-corrected chi connectivity index (χ4v) is 10.9. The average molecular weight is 610 g/mol. The molecule has 0 atom stereocenters. The van der Waals surface area contributed by atoms with Crippen molar-refractivity contribution < 1.29 is 26.2 Å². The van der Waals surface area contributed by atoms with Crippen LogP contribution in [-0.4, -0.2) is 24.6 Å². The van der Waals surface area contributed by atoms with E-state index in [1.165, 1.54) is 46.2 Å². The first-order chi connectivity index (χ1) is 17.1. The smallest absolute Gasteiger partial charge is 0.161 e. The van der Waals surface area contributed by atoms with E-state index in [1.807, 2.05) is 0 Å². The third kappa shape index (κ3) is 10.5. The van der Waals surface area contributed by atoms with Gasteiger partial charge in [0.2, 0.25) is 0 Å². The first kappa shape index (κ1) is 32.6. The maximum atomic E-state index is 2.42. The van der Waals surface area contributed by atoms with Gasteiger partial charge in [-0.15, -0.1) is 80.7 Å². The Kier molecular flexibility index (Phi) is 14.0. The molecule has 4 rings (SSSR count). The average Bonchev–Trinajstić information content (AvgIpc) is 3.42. The van der Waals surface area contributed by atoms with E-state index in [0.717, 1.165) is 23.7 Å². The maximum Gasteiger partial charge on any atom is 2.00 e. The van der Waals surface area contributed by atoms with E-state index in [9.17, 15) is 0 Å². The minimum Gasteiger partial charge on any atom is -0.161 e. The molecule has 0 saturated carbocycles. The van der Waals surface area contributed by atoms with E-state index in [-0.39, 0.29) is 42.0 Å². The summed E-state index contributed by atoms with van der Waals surface area (Å²) >= 11 is 0. The van der Waals surface area contributed by atoms with Crippen LogP contribution in [0.4, 0.5) is 0 Å². The summed E-state index contributed by atoms with van der Waals surface area (Å²) in [5.74, 6) is 3.20. The van der Waals surface area contributed by atoms with Gasteiger partial charge in [0.15, 0.2) is 0 Å². The summed E-state index contributed by atoms with van der Waals surface area (Å²) in [4.78, 5) is 0. The van der Waals surface area contributed by atoms with Crippen molar-refractivity contribution in [3.8, 4) is 0 Å². The Labute approximate surface area is 249 Å². The van der Waals surface area contributed by atoms with Gasteiger partial charge >= 0.3 is 26.2 Å². The molecule has 0 nitrogen and oxygen atoms in total. The van der Waals surface area contributed by atoms with Crippen LogP contribution in [0.2, 0.25) is 0 Å². The largest absolute Gasteiger partial charge is 2.00 e. The van der Waals surface area contributed by atoms with Gasteiger partial charge in [0, 0.05) is 0 Å². The molecule has 0 aliphatic carbocycles. The van der Waals surface area contributed by atoms with Gasteiger partial charge < -0.3 is 0 Å². The van der Waals surface area contributed by atoms with Crippen molar-refractivity contribution >= 4 is 48.0 Å². The quantitative estimate of drug-likeness (QED) is 0.124. The number of rotatable bonds is 10. The van der Waals surface area contributed by atoms with Gasteiger partial charge in [0.1, 0.15) is 0 Å². The van der Waals surface area contributed by atoms with Crippen LogP contribution < -0.4 is 10.6 Å². The van der Waals surface area contributed by atoms with E-state index in [0.29, 0.717) is 0 Å². The molecule has 0 aromatic heterocycles. The van der Waals surface area contributed by atoms with Crippen LogP contribution in [0.3, 0.4) is 0 Å². The second-order valence-electron chi connectivity index (χ2n) is 12.1. The van der Waals surface area contributed by atoms with Crippen molar-refractivity contribution in [2.24, 2.45) is 23.7 Å². The molecule has 198 valence electrons. The second-order valence-corrected chi connectivity index (χ2v) is 16.7. The number of hydrogen-bond acceptors (Lipinski definition) is 0. The first-order valence-corrected chi connectivity index (χ1v) is 17.4. The molecule has 37 heavy (non-hydrogen) atoms. The summed E-state index contributed by atoms with van der Waals surface area (Å²) in [6, 6.07) is 27.2. The molecule has 0 spiro atoms. The molecular formula is C34H48P2Zr. The van der Waals surface area contributed by atoms with Gasteiger partial charge in [-0.2, -0.15) is 12.1 Å². The number of fused-ring (bicyclic) bond motifs is 2. The van der Waals surface area contributed by atoms with Gasteiger partial charge in [-0.3, -0.25) is 0 Å². The normalized spacial score (nSPS) is 11.8. The van der Waals surface area contributed by atoms with Crippen molar-refractivity contribution in [1.82, 2.24) is 0 Å². The summed E-state index contributed by atoms with van der Waals surface area (Å²) in [7, 11) is 0.0370. The van der Waals surface area contributed by atoms with Crippen LogP contribution in [0.1, 0.15) is 55.4 Å². The van der Waals surface area contributed by atoms with Crippen LogP contribution in [0.25, 0.3) is 21.5 Å². The Morgan fingerprint density at radius 1 is 0.514 bits per heavy atom. The molecule has 0 N–H and O–H groups in total. The van der Waals surface area contributed by atoms with Crippen molar-refractivity contribution in [2.45, 2.75) is 55.4 Å². The Bertz CT molecular complexity index is 1000. The van der Waals surface area contributed by atoms with Gasteiger partial charge in [-0.05, 0) is 48.3 Å². The van der Waals surface area contributed by atoms with Crippen molar-refractivity contribution in [1.29, 1.82) is 0 Å². The molecule has 0 fully saturated rings. The standard InChI is InChI=1S/2C17H24P.Zr/c2*1-13(2)11-18(12-14(3)4)17-9-15-7-5-6-8-16(15)10-17;/h2*5-10,13-14H,11-12H2,1-4H3;/q2*-1;+2. The molecule has 0 saturated heterocycles. The summed E-state index contributed by atoms with van der Waals surface area (Å²) < 4.78 is 0. The van der Waals surface area contributed by atoms with E-state index in [1.54, 1.807) is 10.6 Å². The van der Waals surface area contributed by atoms with Crippen LogP contribution in [0.5, 0.6) is 0 Å². The molecule has 0 bridgehead atoms. The van der Waals surface area contributed by atoms with E-state index in [2.05, 4.69) is 128 Å². The number of benzene rings is 2. The Hall–Kier alpha value is -0.597. The Morgan fingerprint density at radius 3 is 1.08 bits per heavy atom.